The minimum absolute atomic E-state index is 0.110. The van der Waals surface area contributed by atoms with E-state index < -0.39 is 9.84 Å². The van der Waals surface area contributed by atoms with E-state index in [2.05, 4.69) is 26.9 Å². The Morgan fingerprint density at radius 2 is 2.32 bits per heavy atom. The third-order valence-electron chi connectivity index (χ3n) is 4.47. The second kappa shape index (κ2) is 7.55. The van der Waals surface area contributed by atoms with Crippen molar-refractivity contribution in [3.8, 4) is 11.6 Å². The first kappa shape index (κ1) is 18.9. The third kappa shape index (κ3) is 3.76. The summed E-state index contributed by atoms with van der Waals surface area (Å²) in [5.41, 5.74) is 0. The quantitative estimate of drug-likeness (QED) is 0.419. The van der Waals surface area contributed by atoms with Crippen LogP contribution in [-0.4, -0.2) is 44.8 Å². The zero-order valence-electron chi connectivity index (χ0n) is 15.2. The van der Waals surface area contributed by atoms with Crippen molar-refractivity contribution in [3.05, 3.63) is 42.8 Å². The zero-order valence-corrected chi connectivity index (χ0v) is 16.8. The summed E-state index contributed by atoms with van der Waals surface area (Å²) in [7, 11) is -3.01. The molecule has 0 N–H and O–H groups in total. The smallest absolute Gasteiger partial charge is 0.240 e. The molecule has 4 heterocycles. The average molecular weight is 422 g/mol. The Kier molecular flexibility index (Phi) is 5.11. The zero-order chi connectivity index (χ0) is 19.7. The minimum Gasteiger partial charge on any atom is -0.461 e. The summed E-state index contributed by atoms with van der Waals surface area (Å²) in [6.45, 7) is 6.21. The van der Waals surface area contributed by atoms with Crippen molar-refractivity contribution in [2.24, 2.45) is 0 Å². The lowest BCUT2D eigenvalue weighted by molar-refractivity contribution is 0.379. The van der Waals surface area contributed by atoms with E-state index in [1.165, 1.54) is 11.8 Å². The Bertz CT molecular complexity index is 1070. The maximum absolute atomic E-state index is 11.8. The first-order chi connectivity index (χ1) is 13.5. The van der Waals surface area contributed by atoms with Crippen molar-refractivity contribution in [2.75, 3.05) is 11.5 Å². The number of sulfone groups is 1. The van der Waals surface area contributed by atoms with Gasteiger partial charge in [-0.3, -0.25) is 0 Å². The fourth-order valence-corrected chi connectivity index (χ4v) is 5.74. The van der Waals surface area contributed by atoms with E-state index in [0.29, 0.717) is 41.4 Å². The Labute approximate surface area is 166 Å². The number of thioether (sulfide) groups is 1. The normalized spacial score (nSPS) is 19.7. The predicted molar refractivity (Wildman–Crippen MR) is 103 cm³/mol. The van der Waals surface area contributed by atoms with E-state index in [9.17, 15) is 8.42 Å². The van der Waals surface area contributed by atoms with Gasteiger partial charge in [-0.05, 0) is 25.5 Å². The van der Waals surface area contributed by atoms with E-state index in [4.69, 9.17) is 8.94 Å². The van der Waals surface area contributed by atoms with Crippen LogP contribution < -0.4 is 0 Å². The molecule has 0 amide bonds. The van der Waals surface area contributed by atoms with Gasteiger partial charge in [0.1, 0.15) is 5.82 Å². The van der Waals surface area contributed by atoms with E-state index in [-0.39, 0.29) is 22.7 Å². The Morgan fingerprint density at radius 1 is 1.46 bits per heavy atom. The molecule has 11 heteroatoms. The van der Waals surface area contributed by atoms with Gasteiger partial charge >= 0.3 is 0 Å². The highest BCUT2D eigenvalue weighted by Gasteiger charge is 2.33. The molecule has 1 aliphatic heterocycles. The molecule has 1 saturated heterocycles. The average Bonchev–Trinajstić information content (AvgIpc) is 3.41. The summed E-state index contributed by atoms with van der Waals surface area (Å²) < 4.78 is 36.2. The maximum atomic E-state index is 11.8. The maximum Gasteiger partial charge on any atom is 0.240 e. The summed E-state index contributed by atoms with van der Waals surface area (Å²) in [6, 6.07) is 3.52. The van der Waals surface area contributed by atoms with Crippen molar-refractivity contribution in [1.29, 1.82) is 0 Å². The number of rotatable bonds is 7. The molecule has 2 atom stereocenters. The van der Waals surface area contributed by atoms with Gasteiger partial charge in [-0.15, -0.1) is 16.8 Å². The number of furan rings is 1. The molecule has 9 nitrogen and oxygen atoms in total. The number of hydrogen-bond acceptors (Lipinski definition) is 9. The second-order valence-corrected chi connectivity index (χ2v) is 10.1. The number of hydrogen-bond donors (Lipinski definition) is 0. The van der Waals surface area contributed by atoms with Crippen molar-refractivity contribution in [1.82, 2.24) is 24.9 Å². The van der Waals surface area contributed by atoms with Gasteiger partial charge in [0.2, 0.25) is 11.7 Å². The SMILES string of the molecule is C=CCn1c(S[C@@H](C)c2nc(-c3ccco3)no2)nnc1[C@H]1CCS(=O)(=O)C1. The van der Waals surface area contributed by atoms with Crippen LogP contribution in [0, 0.1) is 0 Å². The molecule has 1 aliphatic rings. The Morgan fingerprint density at radius 3 is 3.00 bits per heavy atom. The predicted octanol–water partition coefficient (Wildman–Crippen LogP) is 2.86. The molecule has 0 saturated carbocycles. The third-order valence-corrected chi connectivity index (χ3v) is 7.30. The highest BCUT2D eigenvalue weighted by atomic mass is 32.2. The lowest BCUT2D eigenvalue weighted by atomic mass is 10.1. The molecule has 0 unspecified atom stereocenters. The first-order valence-electron chi connectivity index (χ1n) is 8.75. The van der Waals surface area contributed by atoms with Crippen LogP contribution in [0.5, 0.6) is 0 Å². The molecule has 0 bridgehead atoms. The fourth-order valence-electron chi connectivity index (χ4n) is 3.10. The van der Waals surface area contributed by atoms with Crippen LogP contribution in [0.3, 0.4) is 0 Å². The molecule has 3 aromatic heterocycles. The van der Waals surface area contributed by atoms with Crippen LogP contribution in [0.1, 0.15) is 36.2 Å². The largest absolute Gasteiger partial charge is 0.461 e. The van der Waals surface area contributed by atoms with Gasteiger partial charge in [0, 0.05) is 12.5 Å². The summed E-state index contributed by atoms with van der Waals surface area (Å²) in [5.74, 6) is 2.19. The van der Waals surface area contributed by atoms with Gasteiger partial charge in [0.25, 0.3) is 0 Å². The summed E-state index contributed by atoms with van der Waals surface area (Å²) in [4.78, 5) is 4.38. The van der Waals surface area contributed by atoms with Crippen molar-refractivity contribution < 1.29 is 17.4 Å². The first-order valence-corrected chi connectivity index (χ1v) is 11.5. The van der Waals surface area contributed by atoms with E-state index in [0.717, 1.165) is 0 Å². The van der Waals surface area contributed by atoms with Crippen LogP contribution >= 0.6 is 11.8 Å². The van der Waals surface area contributed by atoms with Crippen molar-refractivity contribution in [3.63, 3.8) is 0 Å². The van der Waals surface area contributed by atoms with Gasteiger partial charge in [-0.1, -0.05) is 23.0 Å². The Hall–Kier alpha value is -2.40. The molecule has 0 radical (unpaired) electrons. The van der Waals surface area contributed by atoms with Gasteiger partial charge < -0.3 is 13.5 Å². The molecule has 148 valence electrons. The summed E-state index contributed by atoms with van der Waals surface area (Å²) in [6.07, 6.45) is 3.85. The van der Waals surface area contributed by atoms with Gasteiger partial charge in [-0.25, -0.2) is 8.42 Å². The van der Waals surface area contributed by atoms with Crippen molar-refractivity contribution >= 4 is 21.6 Å². The van der Waals surface area contributed by atoms with Gasteiger partial charge in [0.05, 0.1) is 23.0 Å². The molecular formula is C17H19N5O4S2. The fraction of sp³-hybridized carbons (Fsp3) is 0.412. The van der Waals surface area contributed by atoms with E-state index >= 15 is 0 Å². The molecule has 4 rings (SSSR count). The molecule has 3 aromatic rings. The van der Waals surface area contributed by atoms with Crippen LogP contribution in [-0.2, 0) is 16.4 Å². The number of allylic oxidation sites excluding steroid dienone is 1. The minimum atomic E-state index is -3.01. The van der Waals surface area contributed by atoms with Crippen molar-refractivity contribution in [2.45, 2.75) is 36.2 Å². The molecule has 28 heavy (non-hydrogen) atoms. The monoisotopic (exact) mass is 421 g/mol. The summed E-state index contributed by atoms with van der Waals surface area (Å²) in [5, 5.41) is 13.0. The molecule has 0 spiro atoms. The van der Waals surface area contributed by atoms with E-state index in [1.54, 1.807) is 24.5 Å². The van der Waals surface area contributed by atoms with Gasteiger partial charge in [-0.2, -0.15) is 4.98 Å². The van der Waals surface area contributed by atoms with Crippen LogP contribution in [0.4, 0.5) is 0 Å². The molecule has 1 fully saturated rings. The highest BCUT2D eigenvalue weighted by molar-refractivity contribution is 7.99. The highest BCUT2D eigenvalue weighted by Crippen LogP contribution is 2.36. The van der Waals surface area contributed by atoms with Crippen LogP contribution in [0.25, 0.3) is 11.6 Å². The van der Waals surface area contributed by atoms with Crippen LogP contribution in [0.2, 0.25) is 0 Å². The summed E-state index contributed by atoms with van der Waals surface area (Å²) >= 11 is 1.42. The standard InChI is InChI=1S/C17H19N5O4S2/c1-3-7-22-15(12-6-9-28(23,24)10-12)19-20-17(22)27-11(2)16-18-14(21-26-16)13-5-4-8-25-13/h3-5,8,11-12H,1,6-7,9-10H2,2H3/t11-,12-/m0/s1. The second-order valence-electron chi connectivity index (χ2n) is 6.53. The Balaban J connectivity index is 1.55. The topological polar surface area (TPSA) is 117 Å². The lowest BCUT2D eigenvalue weighted by Gasteiger charge is -2.12. The molecule has 0 aromatic carbocycles. The number of aromatic nitrogens is 5. The van der Waals surface area contributed by atoms with E-state index in [1.807, 2.05) is 11.5 Å². The lowest BCUT2D eigenvalue weighted by Crippen LogP contribution is -2.11. The molecule has 0 aliphatic carbocycles. The van der Waals surface area contributed by atoms with Crippen LogP contribution in [0.15, 0.2) is 45.1 Å². The number of nitrogens with zero attached hydrogens (tertiary/aromatic N) is 5. The van der Waals surface area contributed by atoms with Gasteiger partial charge in [0.15, 0.2) is 20.8 Å². The molecular weight excluding hydrogens is 402 g/mol.